The van der Waals surface area contributed by atoms with Crippen molar-refractivity contribution in [3.05, 3.63) is 45.4 Å². The van der Waals surface area contributed by atoms with Crippen molar-refractivity contribution in [2.75, 3.05) is 6.54 Å². The first-order valence-electron chi connectivity index (χ1n) is 8.50. The number of hydrogen-bond donors (Lipinski definition) is 2. The second-order valence-electron chi connectivity index (χ2n) is 6.55. The van der Waals surface area contributed by atoms with Crippen LogP contribution in [-0.2, 0) is 18.0 Å². The molecule has 11 heteroatoms. The molecule has 0 radical (unpaired) electrons. The van der Waals surface area contributed by atoms with Crippen LogP contribution in [0.5, 0.6) is 5.75 Å². The van der Waals surface area contributed by atoms with E-state index >= 15 is 0 Å². The second kappa shape index (κ2) is 7.22. The number of carboxylic acid groups (broad SMARTS) is 1. The van der Waals surface area contributed by atoms with E-state index < -0.39 is 58.7 Å². The molecule has 2 aromatic heterocycles. The molecule has 1 unspecified atom stereocenters. The third-order valence-corrected chi connectivity index (χ3v) is 4.66. The van der Waals surface area contributed by atoms with Gasteiger partial charge >= 0.3 is 6.18 Å². The zero-order valence-corrected chi connectivity index (χ0v) is 15.0. The maximum Gasteiger partial charge on any atom is 0.433 e. The van der Waals surface area contributed by atoms with Crippen molar-refractivity contribution in [3.63, 3.8) is 0 Å². The smallest absolute Gasteiger partial charge is 0.433 e. The Kier molecular flexibility index (Phi) is 5.07. The van der Waals surface area contributed by atoms with Gasteiger partial charge in [0.25, 0.3) is 11.5 Å². The number of halogens is 3. The Morgan fingerprint density at radius 3 is 2.66 bits per heavy atom. The number of rotatable bonds is 4. The summed E-state index contributed by atoms with van der Waals surface area (Å²) < 4.78 is 41.5. The third-order valence-electron chi connectivity index (χ3n) is 4.66. The summed E-state index contributed by atoms with van der Waals surface area (Å²) in [6.45, 7) is -0.914. The quantitative estimate of drug-likeness (QED) is 0.711. The minimum Gasteiger partial charge on any atom is -0.548 e. The standard InChI is InChI=1S/C18H16F3N3O5/c1-24-15-10(13(27)12(17(24)29)16(28)22-7-11(25)26)6-9(8-4-2-3-5-8)14(23-15)18(19,20)21/h2,4,6,8,27H,3,5,7H2,1H3,(H,22,28)(H,25,26)/p-1. The monoisotopic (exact) mass is 410 g/mol. The predicted octanol–water partition coefficient (Wildman–Crippen LogP) is 0.571. The number of nitrogens with one attached hydrogen (secondary N) is 1. The molecule has 0 saturated heterocycles. The SMILES string of the molecule is Cn1c(=O)c(C(=O)NCC(=O)[O-])c(O)c2cc(C3C=CCC3)c(C(F)(F)F)nc21. The zero-order valence-electron chi connectivity index (χ0n) is 15.0. The maximum absolute atomic E-state index is 13.6. The van der Waals surface area contributed by atoms with Gasteiger partial charge in [-0.15, -0.1) is 0 Å². The Morgan fingerprint density at radius 1 is 1.41 bits per heavy atom. The number of aryl methyl sites for hydroxylation is 1. The Bertz CT molecular complexity index is 1100. The molecule has 2 aromatic rings. The van der Waals surface area contributed by atoms with E-state index in [9.17, 15) is 37.8 Å². The van der Waals surface area contributed by atoms with Gasteiger partial charge in [-0.1, -0.05) is 12.2 Å². The van der Waals surface area contributed by atoms with Crippen LogP contribution in [0.15, 0.2) is 23.0 Å². The summed E-state index contributed by atoms with van der Waals surface area (Å²) in [6.07, 6.45) is -0.465. The molecule has 29 heavy (non-hydrogen) atoms. The molecule has 1 aliphatic carbocycles. The number of carboxylic acids is 1. The van der Waals surface area contributed by atoms with E-state index in [1.807, 2.05) is 5.32 Å². The number of alkyl halides is 3. The Balaban J connectivity index is 2.29. The summed E-state index contributed by atoms with van der Waals surface area (Å²) in [5.41, 5.74) is -3.74. The van der Waals surface area contributed by atoms with Crippen LogP contribution in [-0.4, -0.2) is 33.1 Å². The van der Waals surface area contributed by atoms with Crippen LogP contribution in [0.25, 0.3) is 11.0 Å². The van der Waals surface area contributed by atoms with Crippen molar-refractivity contribution < 1.29 is 33.0 Å². The molecule has 0 saturated carbocycles. The summed E-state index contributed by atoms with van der Waals surface area (Å²) in [7, 11) is 1.10. The highest BCUT2D eigenvalue weighted by atomic mass is 19.4. The van der Waals surface area contributed by atoms with E-state index in [0.717, 1.165) is 13.1 Å². The average Bonchev–Trinajstić information content (AvgIpc) is 3.17. The number of hydrogen-bond acceptors (Lipinski definition) is 6. The van der Waals surface area contributed by atoms with E-state index in [1.54, 1.807) is 12.2 Å². The maximum atomic E-state index is 13.6. The van der Waals surface area contributed by atoms with Gasteiger partial charge < -0.3 is 20.3 Å². The number of aromatic hydroxyl groups is 1. The molecule has 1 amide bonds. The molecule has 0 bridgehead atoms. The van der Waals surface area contributed by atoms with Gasteiger partial charge in [-0.3, -0.25) is 14.2 Å². The number of amides is 1. The van der Waals surface area contributed by atoms with Gasteiger partial charge in [-0.25, -0.2) is 4.98 Å². The van der Waals surface area contributed by atoms with Crippen molar-refractivity contribution >= 4 is 22.9 Å². The van der Waals surface area contributed by atoms with Gasteiger partial charge in [0.15, 0.2) is 5.69 Å². The van der Waals surface area contributed by atoms with Crippen LogP contribution >= 0.6 is 0 Å². The fraction of sp³-hybridized carbons (Fsp3) is 0.333. The first-order valence-corrected chi connectivity index (χ1v) is 8.50. The number of aromatic nitrogens is 2. The summed E-state index contributed by atoms with van der Waals surface area (Å²) in [5, 5.41) is 22.7. The second-order valence-corrected chi connectivity index (χ2v) is 6.55. The van der Waals surface area contributed by atoms with Crippen molar-refractivity contribution in [1.29, 1.82) is 0 Å². The van der Waals surface area contributed by atoms with Crippen molar-refractivity contribution in [1.82, 2.24) is 14.9 Å². The minimum atomic E-state index is -4.80. The largest absolute Gasteiger partial charge is 0.548 e. The third kappa shape index (κ3) is 3.67. The van der Waals surface area contributed by atoms with E-state index in [2.05, 4.69) is 4.98 Å². The van der Waals surface area contributed by atoms with Crippen LogP contribution in [0.3, 0.4) is 0 Å². The Labute approximate surface area is 161 Å². The molecule has 0 aromatic carbocycles. The van der Waals surface area contributed by atoms with Gasteiger partial charge in [0, 0.05) is 13.0 Å². The molecular weight excluding hydrogens is 395 g/mol. The minimum absolute atomic E-state index is 0.186. The van der Waals surface area contributed by atoms with Crippen molar-refractivity contribution in [3.8, 4) is 5.75 Å². The number of aliphatic carboxylic acids is 1. The fourth-order valence-electron chi connectivity index (χ4n) is 3.30. The summed E-state index contributed by atoms with van der Waals surface area (Å²) in [5.74, 6) is -4.28. The lowest BCUT2D eigenvalue weighted by Crippen LogP contribution is -2.40. The molecule has 1 aliphatic rings. The van der Waals surface area contributed by atoms with Gasteiger partial charge in [-0.05, 0) is 24.5 Å². The Morgan fingerprint density at radius 2 is 2.10 bits per heavy atom. The number of allylic oxidation sites excluding steroid dienone is 2. The highest BCUT2D eigenvalue weighted by molar-refractivity contribution is 6.02. The van der Waals surface area contributed by atoms with Gasteiger partial charge in [0.1, 0.15) is 17.0 Å². The van der Waals surface area contributed by atoms with Crippen molar-refractivity contribution in [2.24, 2.45) is 7.05 Å². The first-order chi connectivity index (χ1) is 13.5. The number of carbonyl (C=O) groups excluding carboxylic acids is 2. The zero-order chi connectivity index (χ0) is 21.5. The van der Waals surface area contributed by atoms with E-state index in [1.165, 1.54) is 0 Å². The lowest BCUT2D eigenvalue weighted by molar-refractivity contribution is -0.303. The highest BCUT2D eigenvalue weighted by Crippen LogP contribution is 2.40. The molecule has 2 N–H and O–H groups in total. The molecule has 0 spiro atoms. The molecule has 0 aliphatic heterocycles. The number of fused-ring (bicyclic) bond motifs is 1. The lowest BCUT2D eigenvalue weighted by Gasteiger charge is -2.19. The molecule has 3 rings (SSSR count). The molecule has 0 fully saturated rings. The molecule has 8 nitrogen and oxygen atoms in total. The van der Waals surface area contributed by atoms with Gasteiger partial charge in [0.05, 0.1) is 17.9 Å². The van der Waals surface area contributed by atoms with Crippen LogP contribution in [0.2, 0.25) is 0 Å². The van der Waals surface area contributed by atoms with E-state index in [4.69, 9.17) is 0 Å². The highest BCUT2D eigenvalue weighted by Gasteiger charge is 2.38. The molecule has 2 heterocycles. The molecule has 154 valence electrons. The topological polar surface area (TPSA) is 124 Å². The molecule has 1 atom stereocenters. The number of pyridine rings is 2. The van der Waals surface area contributed by atoms with Gasteiger partial charge in [-0.2, -0.15) is 13.2 Å². The van der Waals surface area contributed by atoms with Crippen LogP contribution in [0.4, 0.5) is 13.2 Å². The predicted molar refractivity (Wildman–Crippen MR) is 92.1 cm³/mol. The summed E-state index contributed by atoms with van der Waals surface area (Å²) >= 11 is 0. The first kappa shape index (κ1) is 20.4. The summed E-state index contributed by atoms with van der Waals surface area (Å²) in [4.78, 5) is 38.7. The van der Waals surface area contributed by atoms with Crippen LogP contribution in [0.1, 0.15) is 40.4 Å². The Hall–Kier alpha value is -3.37. The molecular formula is C18H15F3N3O5-. The normalized spacial score (nSPS) is 16.3. The van der Waals surface area contributed by atoms with Crippen LogP contribution in [0, 0.1) is 0 Å². The van der Waals surface area contributed by atoms with E-state index in [0.29, 0.717) is 17.4 Å². The average molecular weight is 410 g/mol. The fourth-order valence-corrected chi connectivity index (χ4v) is 3.30. The van der Waals surface area contributed by atoms with Gasteiger partial charge in [0.2, 0.25) is 0 Å². The van der Waals surface area contributed by atoms with Crippen molar-refractivity contribution in [2.45, 2.75) is 24.9 Å². The number of nitrogens with zero attached hydrogens (tertiary/aromatic N) is 2. The van der Waals surface area contributed by atoms with Crippen LogP contribution < -0.4 is 16.0 Å². The van der Waals surface area contributed by atoms with E-state index in [-0.39, 0.29) is 10.9 Å². The number of carbonyl (C=O) groups is 2. The summed E-state index contributed by atoms with van der Waals surface area (Å²) in [6, 6.07) is 1.07. The lowest BCUT2D eigenvalue weighted by atomic mass is 9.95.